The SMILES string of the molecule is COc1cccc([C@@H](C)NCc2cc(F)cc(C#N)c2)c1. The van der Waals surface area contributed by atoms with Crippen molar-refractivity contribution < 1.29 is 9.13 Å². The van der Waals surface area contributed by atoms with Gasteiger partial charge in [0.05, 0.1) is 18.7 Å². The van der Waals surface area contributed by atoms with E-state index >= 15 is 0 Å². The maximum atomic E-state index is 13.4. The zero-order chi connectivity index (χ0) is 15.2. The molecule has 2 aromatic rings. The van der Waals surface area contributed by atoms with Gasteiger partial charge in [-0.05, 0) is 48.4 Å². The Bertz CT molecular complexity index is 664. The van der Waals surface area contributed by atoms with Gasteiger partial charge in [0.1, 0.15) is 11.6 Å². The van der Waals surface area contributed by atoms with Gasteiger partial charge >= 0.3 is 0 Å². The topological polar surface area (TPSA) is 45.0 Å². The van der Waals surface area contributed by atoms with Crippen LogP contribution < -0.4 is 10.1 Å². The summed E-state index contributed by atoms with van der Waals surface area (Å²) in [6.07, 6.45) is 0. The molecule has 2 rings (SSSR count). The summed E-state index contributed by atoms with van der Waals surface area (Å²) in [7, 11) is 1.63. The fraction of sp³-hybridized carbons (Fsp3) is 0.235. The van der Waals surface area contributed by atoms with Gasteiger partial charge in [0.25, 0.3) is 0 Å². The molecule has 0 saturated heterocycles. The number of hydrogen-bond donors (Lipinski definition) is 1. The number of rotatable bonds is 5. The number of nitrogens with one attached hydrogen (secondary N) is 1. The van der Waals surface area contributed by atoms with Crippen LogP contribution in [0.3, 0.4) is 0 Å². The Balaban J connectivity index is 2.05. The van der Waals surface area contributed by atoms with E-state index in [0.29, 0.717) is 12.1 Å². The second-order valence-electron chi connectivity index (χ2n) is 4.84. The van der Waals surface area contributed by atoms with Crippen LogP contribution in [0, 0.1) is 17.1 Å². The minimum absolute atomic E-state index is 0.0916. The number of nitrogens with zero attached hydrogens (tertiary/aromatic N) is 1. The third-order valence-electron chi connectivity index (χ3n) is 3.29. The van der Waals surface area contributed by atoms with Crippen LogP contribution in [0.4, 0.5) is 4.39 Å². The Morgan fingerprint density at radius 1 is 1.29 bits per heavy atom. The van der Waals surface area contributed by atoms with Crippen LogP contribution in [-0.4, -0.2) is 7.11 Å². The number of benzene rings is 2. The zero-order valence-corrected chi connectivity index (χ0v) is 12.1. The van der Waals surface area contributed by atoms with Crippen LogP contribution in [0.2, 0.25) is 0 Å². The van der Waals surface area contributed by atoms with Crippen molar-refractivity contribution in [3.63, 3.8) is 0 Å². The molecule has 0 bridgehead atoms. The molecule has 0 radical (unpaired) electrons. The molecule has 0 spiro atoms. The van der Waals surface area contributed by atoms with Gasteiger partial charge in [0.2, 0.25) is 0 Å². The van der Waals surface area contributed by atoms with E-state index in [1.807, 2.05) is 37.3 Å². The average Bonchev–Trinajstić information content (AvgIpc) is 2.52. The standard InChI is InChI=1S/C17H17FN2O/c1-12(15-4-3-5-17(9-15)21-2)20-11-14-6-13(10-19)7-16(18)8-14/h3-9,12,20H,11H2,1-2H3/t12-/m1/s1. The summed E-state index contributed by atoms with van der Waals surface area (Å²) < 4.78 is 18.6. The first kappa shape index (κ1) is 15.0. The van der Waals surface area contributed by atoms with Crippen LogP contribution in [0.5, 0.6) is 5.75 Å². The average molecular weight is 284 g/mol. The van der Waals surface area contributed by atoms with E-state index in [4.69, 9.17) is 10.00 Å². The fourth-order valence-electron chi connectivity index (χ4n) is 2.12. The van der Waals surface area contributed by atoms with Gasteiger partial charge in [-0.2, -0.15) is 5.26 Å². The van der Waals surface area contributed by atoms with Crippen molar-refractivity contribution >= 4 is 0 Å². The molecule has 21 heavy (non-hydrogen) atoms. The highest BCUT2D eigenvalue weighted by molar-refractivity contribution is 5.34. The van der Waals surface area contributed by atoms with E-state index in [2.05, 4.69) is 5.32 Å². The fourth-order valence-corrected chi connectivity index (χ4v) is 2.12. The van der Waals surface area contributed by atoms with Crippen LogP contribution in [0.25, 0.3) is 0 Å². The number of nitriles is 1. The normalized spacial score (nSPS) is 11.7. The Hall–Kier alpha value is -2.38. The first-order valence-corrected chi connectivity index (χ1v) is 6.69. The summed E-state index contributed by atoms with van der Waals surface area (Å²) in [6, 6.07) is 14.2. The van der Waals surface area contributed by atoms with Crippen molar-refractivity contribution in [2.45, 2.75) is 19.5 Å². The molecule has 0 aliphatic rings. The second kappa shape index (κ2) is 6.87. The second-order valence-corrected chi connectivity index (χ2v) is 4.84. The predicted octanol–water partition coefficient (Wildman–Crippen LogP) is 3.56. The molecule has 0 aliphatic carbocycles. The minimum atomic E-state index is -0.389. The van der Waals surface area contributed by atoms with Gasteiger partial charge in [-0.3, -0.25) is 0 Å². The molecular weight excluding hydrogens is 267 g/mol. The molecule has 0 aliphatic heterocycles. The largest absolute Gasteiger partial charge is 0.497 e. The van der Waals surface area contributed by atoms with E-state index in [0.717, 1.165) is 16.9 Å². The van der Waals surface area contributed by atoms with Crippen molar-refractivity contribution in [2.75, 3.05) is 7.11 Å². The van der Waals surface area contributed by atoms with Gasteiger partial charge in [-0.25, -0.2) is 4.39 Å². The lowest BCUT2D eigenvalue weighted by Gasteiger charge is -2.15. The number of halogens is 1. The van der Waals surface area contributed by atoms with Crippen LogP contribution in [-0.2, 0) is 6.54 Å². The molecule has 0 saturated carbocycles. The van der Waals surface area contributed by atoms with Crippen molar-refractivity contribution in [3.05, 3.63) is 65.0 Å². The molecular formula is C17H17FN2O. The highest BCUT2D eigenvalue weighted by Crippen LogP contribution is 2.19. The predicted molar refractivity (Wildman–Crippen MR) is 79.4 cm³/mol. The smallest absolute Gasteiger partial charge is 0.124 e. The van der Waals surface area contributed by atoms with Gasteiger partial charge in [0.15, 0.2) is 0 Å². The van der Waals surface area contributed by atoms with E-state index in [1.54, 1.807) is 13.2 Å². The Kier molecular flexibility index (Phi) is 4.91. The molecule has 0 aromatic heterocycles. The number of methoxy groups -OCH3 is 1. The maximum absolute atomic E-state index is 13.4. The third kappa shape index (κ3) is 4.04. The summed E-state index contributed by atoms with van der Waals surface area (Å²) in [5.74, 6) is 0.415. The zero-order valence-electron chi connectivity index (χ0n) is 12.1. The highest BCUT2D eigenvalue weighted by atomic mass is 19.1. The molecule has 4 heteroatoms. The number of ether oxygens (including phenoxy) is 1. The Morgan fingerprint density at radius 3 is 2.81 bits per heavy atom. The lowest BCUT2D eigenvalue weighted by Crippen LogP contribution is -2.18. The first-order valence-electron chi connectivity index (χ1n) is 6.69. The van der Waals surface area contributed by atoms with E-state index in [-0.39, 0.29) is 11.9 Å². The van der Waals surface area contributed by atoms with Crippen LogP contribution >= 0.6 is 0 Å². The molecule has 0 heterocycles. The molecule has 2 aromatic carbocycles. The summed E-state index contributed by atoms with van der Waals surface area (Å²) >= 11 is 0. The van der Waals surface area contributed by atoms with E-state index in [1.165, 1.54) is 12.1 Å². The molecule has 0 amide bonds. The van der Waals surface area contributed by atoms with Gasteiger partial charge in [0, 0.05) is 12.6 Å². The lowest BCUT2D eigenvalue weighted by atomic mass is 10.1. The van der Waals surface area contributed by atoms with Crippen molar-refractivity contribution in [1.29, 1.82) is 5.26 Å². The third-order valence-corrected chi connectivity index (χ3v) is 3.29. The Morgan fingerprint density at radius 2 is 2.10 bits per heavy atom. The molecule has 0 fully saturated rings. The number of hydrogen-bond acceptors (Lipinski definition) is 3. The van der Waals surface area contributed by atoms with Gasteiger partial charge < -0.3 is 10.1 Å². The molecule has 0 unspecified atom stereocenters. The van der Waals surface area contributed by atoms with Gasteiger partial charge in [-0.1, -0.05) is 12.1 Å². The van der Waals surface area contributed by atoms with Crippen molar-refractivity contribution in [2.24, 2.45) is 0 Å². The van der Waals surface area contributed by atoms with Gasteiger partial charge in [-0.15, -0.1) is 0 Å². The van der Waals surface area contributed by atoms with Crippen molar-refractivity contribution in [1.82, 2.24) is 5.32 Å². The molecule has 3 nitrogen and oxygen atoms in total. The highest BCUT2D eigenvalue weighted by Gasteiger charge is 2.07. The first-order chi connectivity index (χ1) is 10.1. The van der Waals surface area contributed by atoms with E-state index < -0.39 is 0 Å². The lowest BCUT2D eigenvalue weighted by molar-refractivity contribution is 0.413. The summed E-state index contributed by atoms with van der Waals surface area (Å²) in [4.78, 5) is 0. The molecule has 1 N–H and O–H groups in total. The quantitative estimate of drug-likeness (QED) is 0.913. The van der Waals surface area contributed by atoms with Crippen LogP contribution in [0.1, 0.15) is 29.7 Å². The van der Waals surface area contributed by atoms with Crippen molar-refractivity contribution in [3.8, 4) is 11.8 Å². The summed E-state index contributed by atoms with van der Waals surface area (Å²) in [5, 5.41) is 12.2. The minimum Gasteiger partial charge on any atom is -0.497 e. The molecule has 1 atom stereocenters. The van der Waals surface area contributed by atoms with Crippen LogP contribution in [0.15, 0.2) is 42.5 Å². The Labute approximate surface area is 124 Å². The maximum Gasteiger partial charge on any atom is 0.124 e. The van der Waals surface area contributed by atoms with E-state index in [9.17, 15) is 4.39 Å². The summed E-state index contributed by atoms with van der Waals surface area (Å²) in [6.45, 7) is 2.52. The summed E-state index contributed by atoms with van der Waals surface area (Å²) in [5.41, 5.74) is 2.17. The monoisotopic (exact) mass is 284 g/mol. The molecule has 108 valence electrons.